The van der Waals surface area contributed by atoms with Gasteiger partial charge in [0.05, 0.1) is 0 Å². The van der Waals surface area contributed by atoms with Crippen LogP contribution in [0.4, 0.5) is 0 Å². The van der Waals surface area contributed by atoms with Crippen LogP contribution in [0.5, 0.6) is 0 Å². The van der Waals surface area contributed by atoms with Crippen LogP contribution >= 0.6 is 0 Å². The molecule has 0 bridgehead atoms. The van der Waals surface area contributed by atoms with E-state index in [0.29, 0.717) is 0 Å². The molecule has 3 heteroatoms. The first-order valence-corrected chi connectivity index (χ1v) is 20.4. The van der Waals surface area contributed by atoms with E-state index in [2.05, 4.69) is 166 Å². The van der Waals surface area contributed by atoms with Crippen LogP contribution in [0.2, 0.25) is 0 Å². The molecule has 0 saturated heterocycles. The third-order valence-corrected chi connectivity index (χ3v) is 17.4. The SMILES string of the molecule is CC1=C(C(C)(C)C)C=[C]([Zr+2](=[C](c2ccccc2)c2ccccc2)[c]2c(C(C)(C)C)ccc3c2Cc2cc(C(C)(C)C)ccc2-3)C1.[Cl-].[Cl-]. The summed E-state index contributed by atoms with van der Waals surface area (Å²) >= 11 is -2.87. The predicted octanol–water partition coefficient (Wildman–Crippen LogP) is 5.02. The van der Waals surface area contributed by atoms with Gasteiger partial charge in [-0.05, 0) is 0 Å². The predicted molar refractivity (Wildman–Crippen MR) is 193 cm³/mol. The molecule has 0 N–H and O–H groups in total. The number of rotatable bonds is 4. The topological polar surface area (TPSA) is 0 Å². The van der Waals surface area contributed by atoms with E-state index in [4.69, 9.17) is 0 Å². The minimum absolute atomic E-state index is 0. The van der Waals surface area contributed by atoms with Gasteiger partial charge in [0.2, 0.25) is 0 Å². The fraction of sp³-hybridized carbons (Fsp3) is 0.341. The van der Waals surface area contributed by atoms with Crippen LogP contribution in [0.3, 0.4) is 0 Å². The van der Waals surface area contributed by atoms with Crippen molar-refractivity contribution in [2.45, 2.75) is 92.9 Å². The zero-order valence-corrected chi connectivity index (χ0v) is 33.9. The molecule has 0 aliphatic heterocycles. The first-order valence-electron chi connectivity index (χ1n) is 16.7. The molecule has 0 aromatic heterocycles. The molecule has 6 rings (SSSR count). The summed E-state index contributed by atoms with van der Waals surface area (Å²) in [5, 5.41) is 0. The van der Waals surface area contributed by atoms with E-state index in [1.54, 1.807) is 32.0 Å². The van der Waals surface area contributed by atoms with Gasteiger partial charge in [0.15, 0.2) is 0 Å². The molecule has 4 aromatic rings. The molecule has 0 spiro atoms. The molecular formula is C44H50Cl2Zr. The van der Waals surface area contributed by atoms with Crippen molar-refractivity contribution in [1.29, 1.82) is 0 Å². The van der Waals surface area contributed by atoms with E-state index in [-0.39, 0.29) is 41.1 Å². The quantitative estimate of drug-likeness (QED) is 0.243. The zero-order valence-electron chi connectivity index (χ0n) is 29.9. The molecule has 4 aromatic carbocycles. The molecule has 47 heavy (non-hydrogen) atoms. The molecule has 2 aliphatic carbocycles. The Morgan fingerprint density at radius 3 is 1.64 bits per heavy atom. The Bertz CT molecular complexity index is 1830. The van der Waals surface area contributed by atoms with E-state index in [9.17, 15) is 0 Å². The summed E-state index contributed by atoms with van der Waals surface area (Å²) in [5.41, 5.74) is 15.2. The van der Waals surface area contributed by atoms with E-state index in [1.807, 2.05) is 0 Å². The van der Waals surface area contributed by atoms with Gasteiger partial charge < -0.3 is 24.8 Å². The van der Waals surface area contributed by atoms with Crippen LogP contribution in [-0.2, 0) is 38.5 Å². The average Bonchev–Trinajstić information content (AvgIpc) is 3.55. The molecule has 2 aliphatic rings. The van der Waals surface area contributed by atoms with Crippen molar-refractivity contribution in [2.75, 3.05) is 0 Å². The van der Waals surface area contributed by atoms with Gasteiger partial charge in [0.25, 0.3) is 0 Å². The fourth-order valence-electron chi connectivity index (χ4n) is 7.51. The second-order valence-corrected chi connectivity index (χ2v) is 22.2. The van der Waals surface area contributed by atoms with Crippen molar-refractivity contribution in [3.05, 3.63) is 145 Å². The molecule has 0 radical (unpaired) electrons. The summed E-state index contributed by atoms with van der Waals surface area (Å²) in [5.74, 6) is 0. The molecule has 0 amide bonds. The molecule has 0 heterocycles. The zero-order chi connectivity index (χ0) is 32.3. The summed E-state index contributed by atoms with van der Waals surface area (Å²) in [6.07, 6.45) is 4.79. The second kappa shape index (κ2) is 13.9. The van der Waals surface area contributed by atoms with Gasteiger partial charge in [0.1, 0.15) is 0 Å². The molecule has 0 unspecified atom stereocenters. The van der Waals surface area contributed by atoms with E-state index in [1.165, 1.54) is 33.4 Å². The summed E-state index contributed by atoms with van der Waals surface area (Å²) < 4.78 is 5.04. The summed E-state index contributed by atoms with van der Waals surface area (Å²) in [4.78, 5) is 0. The second-order valence-electron chi connectivity index (χ2n) is 16.3. The van der Waals surface area contributed by atoms with Gasteiger partial charge >= 0.3 is 282 Å². The smallest absolute Gasteiger partial charge is 1.00 e. The molecule has 0 fully saturated rings. The van der Waals surface area contributed by atoms with E-state index >= 15 is 0 Å². The number of fused-ring (bicyclic) bond motifs is 3. The third kappa shape index (κ3) is 7.34. The van der Waals surface area contributed by atoms with Gasteiger partial charge in [0, 0.05) is 0 Å². The van der Waals surface area contributed by atoms with Crippen molar-refractivity contribution < 1.29 is 46.1 Å². The van der Waals surface area contributed by atoms with Gasteiger partial charge in [-0.15, -0.1) is 0 Å². The van der Waals surface area contributed by atoms with Gasteiger partial charge in [-0.1, -0.05) is 0 Å². The molecule has 0 atom stereocenters. The normalized spacial score (nSPS) is 13.9. The average molecular weight is 741 g/mol. The van der Waals surface area contributed by atoms with Crippen LogP contribution in [0.1, 0.15) is 109 Å². The van der Waals surface area contributed by atoms with Crippen LogP contribution in [-0.4, -0.2) is 3.21 Å². The number of hydrogen-bond donors (Lipinski definition) is 0. The van der Waals surface area contributed by atoms with E-state index in [0.717, 1.165) is 12.8 Å². The van der Waals surface area contributed by atoms with Crippen molar-refractivity contribution in [1.82, 2.24) is 0 Å². The summed E-state index contributed by atoms with van der Waals surface area (Å²) in [6.45, 7) is 23.8. The maximum absolute atomic E-state index is 2.87. The maximum Gasteiger partial charge on any atom is -1.00 e. The Kier molecular flexibility index (Phi) is 11.1. The van der Waals surface area contributed by atoms with Crippen molar-refractivity contribution in [3.63, 3.8) is 0 Å². The van der Waals surface area contributed by atoms with Crippen LogP contribution < -0.4 is 28.1 Å². The Hall–Kier alpha value is -2.31. The van der Waals surface area contributed by atoms with Crippen molar-refractivity contribution in [2.24, 2.45) is 5.41 Å². The minimum atomic E-state index is -2.87. The molecular weight excluding hydrogens is 691 g/mol. The van der Waals surface area contributed by atoms with Crippen molar-refractivity contribution >= 4 is 6.48 Å². The monoisotopic (exact) mass is 738 g/mol. The Morgan fingerprint density at radius 2 is 1.15 bits per heavy atom. The third-order valence-electron chi connectivity index (χ3n) is 9.74. The number of benzene rings is 4. The first kappa shape index (κ1) is 37.5. The van der Waals surface area contributed by atoms with Gasteiger partial charge in [-0.2, -0.15) is 0 Å². The minimum Gasteiger partial charge on any atom is -1.00 e. The largest absolute Gasteiger partial charge is 1.00 e. The molecule has 0 saturated carbocycles. The van der Waals surface area contributed by atoms with Crippen LogP contribution in [0.25, 0.3) is 11.1 Å². The first-order chi connectivity index (χ1) is 21.1. The van der Waals surface area contributed by atoms with Gasteiger partial charge in [-0.25, -0.2) is 0 Å². The van der Waals surface area contributed by atoms with E-state index < -0.39 is 21.3 Å². The number of allylic oxidation sites excluding steroid dienone is 4. The van der Waals surface area contributed by atoms with Crippen LogP contribution in [0, 0.1) is 5.41 Å². The fourth-order valence-corrected chi connectivity index (χ4v) is 16.8. The van der Waals surface area contributed by atoms with Gasteiger partial charge in [-0.3, -0.25) is 0 Å². The number of halogens is 2. The Balaban J connectivity index is 0.00000250. The Labute approximate surface area is 304 Å². The molecule has 244 valence electrons. The summed E-state index contributed by atoms with van der Waals surface area (Å²) in [7, 11) is 0. The van der Waals surface area contributed by atoms with Crippen molar-refractivity contribution in [3.8, 4) is 11.1 Å². The standard InChI is InChI=1S/C21H25.C13H10.C10H15.2ClH.Zr/c1-20(2,3)16-7-9-18-14(12-16)11-15-13-17(21(4,5)6)8-10-19(15)18;1-3-7-12(8-4-1)11-13-9-5-2-6-10-13;1-8-6-5-7-9(8)10(2,3)4;;;/h7-10,12H,11H2,1-6H3;1-10H;7H,6H2,1-4H3;2*1H;/q;;;;;+2/p-2. The maximum atomic E-state index is 2.67. The Morgan fingerprint density at radius 1 is 0.596 bits per heavy atom. The van der Waals surface area contributed by atoms with Crippen LogP contribution in [0.15, 0.2) is 111 Å². The molecule has 0 nitrogen and oxygen atoms in total. The number of hydrogen-bond acceptors (Lipinski definition) is 0. The summed E-state index contributed by atoms with van der Waals surface area (Å²) in [6, 6.07) is 35.0.